The predicted octanol–water partition coefficient (Wildman–Crippen LogP) is 5.97. The van der Waals surface area contributed by atoms with E-state index in [0.29, 0.717) is 40.1 Å². The molecule has 0 aliphatic carbocycles. The lowest BCUT2D eigenvalue weighted by Crippen LogP contribution is -2.22. The van der Waals surface area contributed by atoms with Crippen molar-refractivity contribution in [2.45, 2.75) is 23.6 Å². The molecule has 5 aromatic rings. The van der Waals surface area contributed by atoms with E-state index in [1.54, 1.807) is 59.7 Å². The number of thioether (sulfide) groups is 1. The molecule has 196 valence electrons. The van der Waals surface area contributed by atoms with Gasteiger partial charge in [0.15, 0.2) is 11.0 Å². The van der Waals surface area contributed by atoms with Crippen LogP contribution in [-0.4, -0.2) is 30.6 Å². The molecule has 2 aromatic carbocycles. The van der Waals surface area contributed by atoms with Crippen LogP contribution in [0.25, 0.3) is 17.1 Å². The van der Waals surface area contributed by atoms with E-state index in [-0.39, 0.29) is 5.91 Å². The molecule has 1 N–H and O–H groups in total. The Morgan fingerprint density at radius 2 is 1.54 bits per heavy atom. The topological polar surface area (TPSA) is 85.6 Å². The number of benzene rings is 2. The highest BCUT2D eigenvalue weighted by Crippen LogP contribution is 2.34. The Bertz CT molecular complexity index is 1560. The van der Waals surface area contributed by atoms with Crippen molar-refractivity contribution < 1.29 is 18.0 Å². The molecule has 7 nitrogen and oxygen atoms in total. The van der Waals surface area contributed by atoms with Crippen molar-refractivity contribution in [3.8, 4) is 17.1 Å². The first-order valence-corrected chi connectivity index (χ1v) is 12.8. The van der Waals surface area contributed by atoms with E-state index < -0.39 is 11.7 Å². The first-order chi connectivity index (χ1) is 18.9. The molecular weight excluding hydrogens is 525 g/mol. The van der Waals surface area contributed by atoms with E-state index in [9.17, 15) is 18.0 Å². The maximum Gasteiger partial charge on any atom is 0.416 e. The van der Waals surface area contributed by atoms with Gasteiger partial charge in [0.05, 0.1) is 11.3 Å². The summed E-state index contributed by atoms with van der Waals surface area (Å²) >= 11 is 1.33. The fourth-order valence-electron chi connectivity index (χ4n) is 3.79. The minimum absolute atomic E-state index is 0.197. The van der Waals surface area contributed by atoms with Gasteiger partial charge in [0.1, 0.15) is 0 Å². The van der Waals surface area contributed by atoms with Gasteiger partial charge < -0.3 is 5.32 Å². The van der Waals surface area contributed by atoms with Crippen molar-refractivity contribution in [2.75, 3.05) is 0 Å². The van der Waals surface area contributed by atoms with Crippen LogP contribution < -0.4 is 5.32 Å². The molecule has 0 aliphatic rings. The number of pyridine rings is 2. The van der Waals surface area contributed by atoms with Crippen LogP contribution in [0.5, 0.6) is 0 Å². The van der Waals surface area contributed by atoms with Gasteiger partial charge in [0, 0.05) is 48.2 Å². The zero-order valence-corrected chi connectivity index (χ0v) is 21.2. The first-order valence-electron chi connectivity index (χ1n) is 11.8. The standard InChI is InChI=1S/C28H21F3N6OS/c29-28(30,31)23-2-1-3-24(16-23)37-25(21-10-14-33-15-11-21)35-36-27(37)39-18-20-4-6-22(7-5-20)26(38)34-17-19-8-12-32-13-9-19/h1-16H,17-18H2,(H,34,38). The molecule has 11 heteroatoms. The number of carbonyl (C=O) groups excluding carboxylic acids is 1. The molecule has 0 atom stereocenters. The average Bonchev–Trinajstić information content (AvgIpc) is 3.40. The van der Waals surface area contributed by atoms with Gasteiger partial charge in [-0.15, -0.1) is 10.2 Å². The van der Waals surface area contributed by atoms with E-state index in [2.05, 4.69) is 25.5 Å². The van der Waals surface area contributed by atoms with Gasteiger partial charge in [-0.05, 0) is 65.7 Å². The highest BCUT2D eigenvalue weighted by atomic mass is 32.2. The summed E-state index contributed by atoms with van der Waals surface area (Å²) in [5.41, 5.74) is 2.58. The van der Waals surface area contributed by atoms with Crippen LogP contribution in [0, 0.1) is 0 Å². The minimum Gasteiger partial charge on any atom is -0.348 e. The fraction of sp³-hybridized carbons (Fsp3) is 0.107. The normalized spacial score (nSPS) is 11.4. The summed E-state index contributed by atoms with van der Waals surface area (Å²) in [4.78, 5) is 20.5. The van der Waals surface area contributed by atoms with Crippen molar-refractivity contribution in [2.24, 2.45) is 0 Å². The molecule has 0 fully saturated rings. The number of rotatable bonds is 8. The van der Waals surface area contributed by atoms with Crippen LogP contribution in [0.3, 0.4) is 0 Å². The SMILES string of the molecule is O=C(NCc1ccncc1)c1ccc(CSc2nnc(-c3ccncc3)n2-c2cccc(C(F)(F)F)c2)cc1. The third-order valence-corrected chi connectivity index (χ3v) is 6.79. The second kappa shape index (κ2) is 11.5. The van der Waals surface area contributed by atoms with Crippen LogP contribution in [0.1, 0.15) is 27.0 Å². The number of hydrogen-bond donors (Lipinski definition) is 1. The molecule has 0 spiro atoms. The first kappa shape index (κ1) is 26.1. The fourth-order valence-corrected chi connectivity index (χ4v) is 4.70. The smallest absolute Gasteiger partial charge is 0.348 e. The maximum atomic E-state index is 13.4. The van der Waals surface area contributed by atoms with Crippen LogP contribution in [0.15, 0.2) is 103 Å². The van der Waals surface area contributed by atoms with E-state index >= 15 is 0 Å². The van der Waals surface area contributed by atoms with Crippen molar-refractivity contribution in [3.05, 3.63) is 120 Å². The molecule has 0 bridgehead atoms. The maximum absolute atomic E-state index is 13.4. The minimum atomic E-state index is -4.49. The Hall–Kier alpha value is -4.51. The number of hydrogen-bond acceptors (Lipinski definition) is 6. The van der Waals surface area contributed by atoms with Gasteiger partial charge in [-0.3, -0.25) is 19.3 Å². The van der Waals surface area contributed by atoms with Gasteiger partial charge in [-0.2, -0.15) is 13.2 Å². The molecular formula is C28H21F3N6OS. The lowest BCUT2D eigenvalue weighted by Gasteiger charge is -2.13. The molecule has 0 saturated carbocycles. The lowest BCUT2D eigenvalue weighted by molar-refractivity contribution is -0.137. The molecule has 3 heterocycles. The Labute approximate surface area is 226 Å². The lowest BCUT2D eigenvalue weighted by atomic mass is 10.1. The summed E-state index contributed by atoms with van der Waals surface area (Å²) in [6.07, 6.45) is 2.02. The Morgan fingerprint density at radius 1 is 0.846 bits per heavy atom. The number of aromatic nitrogens is 5. The summed E-state index contributed by atoms with van der Waals surface area (Å²) in [7, 11) is 0. The Morgan fingerprint density at radius 3 is 2.23 bits per heavy atom. The molecule has 0 aliphatic heterocycles. The van der Waals surface area contributed by atoms with Crippen molar-refractivity contribution >= 4 is 17.7 Å². The number of carbonyl (C=O) groups is 1. The van der Waals surface area contributed by atoms with Crippen LogP contribution in [-0.2, 0) is 18.5 Å². The van der Waals surface area contributed by atoms with E-state index in [0.717, 1.165) is 23.3 Å². The molecule has 39 heavy (non-hydrogen) atoms. The number of alkyl halides is 3. The third-order valence-electron chi connectivity index (χ3n) is 5.79. The second-order valence-corrected chi connectivity index (χ2v) is 9.39. The van der Waals surface area contributed by atoms with Crippen molar-refractivity contribution in [3.63, 3.8) is 0 Å². The number of nitrogens with zero attached hydrogens (tertiary/aromatic N) is 5. The molecule has 0 saturated heterocycles. The van der Waals surface area contributed by atoms with E-state index in [1.807, 2.05) is 24.3 Å². The monoisotopic (exact) mass is 546 g/mol. The van der Waals surface area contributed by atoms with Gasteiger partial charge in [0.25, 0.3) is 5.91 Å². The molecule has 5 rings (SSSR count). The van der Waals surface area contributed by atoms with Gasteiger partial charge in [-0.1, -0.05) is 30.0 Å². The predicted molar refractivity (Wildman–Crippen MR) is 141 cm³/mol. The van der Waals surface area contributed by atoms with Gasteiger partial charge in [0.2, 0.25) is 0 Å². The van der Waals surface area contributed by atoms with E-state index in [4.69, 9.17) is 0 Å². The van der Waals surface area contributed by atoms with Crippen LogP contribution in [0.2, 0.25) is 0 Å². The quantitative estimate of drug-likeness (QED) is 0.242. The third kappa shape index (κ3) is 6.32. The summed E-state index contributed by atoms with van der Waals surface area (Å²) in [6, 6.07) is 19.3. The summed E-state index contributed by atoms with van der Waals surface area (Å²) in [5.74, 6) is 0.671. The number of nitrogens with one attached hydrogen (secondary N) is 1. The zero-order chi connectivity index (χ0) is 27.2. The number of halogens is 3. The summed E-state index contributed by atoms with van der Waals surface area (Å²) in [6.45, 7) is 0.393. The highest BCUT2D eigenvalue weighted by molar-refractivity contribution is 7.98. The van der Waals surface area contributed by atoms with Crippen LogP contribution in [0.4, 0.5) is 13.2 Å². The molecule has 3 aromatic heterocycles. The van der Waals surface area contributed by atoms with Gasteiger partial charge >= 0.3 is 6.18 Å². The Balaban J connectivity index is 1.35. The van der Waals surface area contributed by atoms with Crippen molar-refractivity contribution in [1.82, 2.24) is 30.0 Å². The zero-order valence-electron chi connectivity index (χ0n) is 20.3. The summed E-state index contributed by atoms with van der Waals surface area (Å²) in [5, 5.41) is 11.9. The largest absolute Gasteiger partial charge is 0.416 e. The summed E-state index contributed by atoms with van der Waals surface area (Å²) < 4.78 is 41.9. The molecule has 0 radical (unpaired) electrons. The molecule has 0 unspecified atom stereocenters. The van der Waals surface area contributed by atoms with E-state index in [1.165, 1.54) is 17.8 Å². The average molecular weight is 547 g/mol. The Kier molecular flexibility index (Phi) is 7.69. The van der Waals surface area contributed by atoms with Crippen LogP contribution >= 0.6 is 11.8 Å². The number of amides is 1. The second-order valence-electron chi connectivity index (χ2n) is 8.45. The highest BCUT2D eigenvalue weighted by Gasteiger charge is 2.31. The molecule has 1 amide bonds. The van der Waals surface area contributed by atoms with Gasteiger partial charge in [-0.25, -0.2) is 0 Å². The van der Waals surface area contributed by atoms with Crippen molar-refractivity contribution in [1.29, 1.82) is 0 Å².